The monoisotopic (exact) mass is 376 g/mol. The van der Waals surface area contributed by atoms with E-state index in [1.54, 1.807) is 16.0 Å². The van der Waals surface area contributed by atoms with Gasteiger partial charge in [0.2, 0.25) is 0 Å². The van der Waals surface area contributed by atoms with E-state index in [0.717, 1.165) is 18.4 Å². The fraction of sp³-hybridized carbons (Fsp3) is 0.792. The lowest BCUT2D eigenvalue weighted by atomic mass is 9.73. The molecule has 2 rings (SSSR count). The van der Waals surface area contributed by atoms with Crippen LogP contribution in [0.3, 0.4) is 0 Å². The normalized spacial score (nSPS) is 35.2. The quantitative estimate of drug-likeness (QED) is 0.539. The third-order valence-corrected chi connectivity index (χ3v) is 7.00. The lowest BCUT2D eigenvalue weighted by Gasteiger charge is -2.39. The molecule has 0 aliphatic heterocycles. The molecule has 154 valence electrons. The first kappa shape index (κ1) is 22.2. The number of rotatable bonds is 7. The second-order valence-corrected chi connectivity index (χ2v) is 9.68. The molecule has 0 radical (unpaired) electrons. The average Bonchev–Trinajstić information content (AvgIpc) is 2.53. The van der Waals surface area contributed by atoms with Gasteiger partial charge in [-0.05, 0) is 50.4 Å². The van der Waals surface area contributed by atoms with Gasteiger partial charge in [-0.25, -0.2) is 0 Å². The minimum atomic E-state index is -0.162. The fourth-order valence-electron chi connectivity index (χ4n) is 5.70. The van der Waals surface area contributed by atoms with Gasteiger partial charge in [0.15, 0.2) is 0 Å². The summed E-state index contributed by atoms with van der Waals surface area (Å²) in [6, 6.07) is 0. The maximum Gasteiger partial charge on any atom is 0.302 e. The van der Waals surface area contributed by atoms with Crippen LogP contribution in [0.15, 0.2) is 23.3 Å². The molecule has 3 heteroatoms. The summed E-state index contributed by atoms with van der Waals surface area (Å²) >= 11 is 0. The minimum Gasteiger partial charge on any atom is -0.460 e. The molecular weight excluding hydrogens is 334 g/mol. The predicted octanol–water partition coefficient (Wildman–Crippen LogP) is 3.91. The van der Waals surface area contributed by atoms with Gasteiger partial charge in [0.25, 0.3) is 0 Å². The summed E-state index contributed by atoms with van der Waals surface area (Å²) in [5.74, 6) is 4.01. The Bertz CT molecular complexity index is 525. The van der Waals surface area contributed by atoms with Crippen molar-refractivity contribution in [1.29, 1.82) is 0 Å². The molecule has 0 heterocycles. The molecule has 0 amide bonds. The molecule has 7 atom stereocenters. The van der Waals surface area contributed by atoms with Crippen LogP contribution < -0.4 is 4.90 Å². The molecule has 0 aromatic heterocycles. The van der Waals surface area contributed by atoms with E-state index in [9.17, 15) is 4.79 Å². The average molecular weight is 377 g/mol. The molecule has 0 saturated carbocycles. The first-order valence-corrected chi connectivity index (χ1v) is 11.0. The molecule has 1 unspecified atom stereocenters. The van der Waals surface area contributed by atoms with E-state index in [2.05, 4.69) is 53.7 Å². The van der Waals surface area contributed by atoms with Crippen LogP contribution in [0, 0.1) is 35.5 Å². The Labute approximate surface area is 167 Å². The summed E-state index contributed by atoms with van der Waals surface area (Å²) < 4.78 is 5.31. The highest BCUT2D eigenvalue weighted by Gasteiger charge is 2.34. The standard InChI is InChI=1S/C24H41NO2/c1-16-10-18(3)23(19(4)11-16)14-25(8-9-27-22(7)26)15-24-20(5)12-17(2)13-21(24)6/h10,12,18-21,23-24H,8-9,11,13-15H2,1-7H3/p+1/t18-,19-,20-,21+,23-,24-/m0/s1. The van der Waals surface area contributed by atoms with E-state index >= 15 is 0 Å². The van der Waals surface area contributed by atoms with Gasteiger partial charge in [0.1, 0.15) is 13.2 Å². The third-order valence-electron chi connectivity index (χ3n) is 7.00. The summed E-state index contributed by atoms with van der Waals surface area (Å²) in [5.41, 5.74) is 3.09. The molecule has 0 fully saturated rings. The molecule has 0 aromatic carbocycles. The predicted molar refractivity (Wildman–Crippen MR) is 113 cm³/mol. The van der Waals surface area contributed by atoms with Crippen molar-refractivity contribution in [3.05, 3.63) is 23.3 Å². The SMILES string of the molecule is CC(=O)OCC[NH+](C[C@@H]1[C@H](C)CC(C)=C[C@@H]1C)C[C@H]1[C@@H](C)C=C(C)C[C@@H]1C. The highest BCUT2D eigenvalue weighted by Crippen LogP contribution is 2.34. The number of quaternary nitrogens is 1. The van der Waals surface area contributed by atoms with Crippen LogP contribution in [0.5, 0.6) is 0 Å². The Morgan fingerprint density at radius 1 is 0.963 bits per heavy atom. The van der Waals surface area contributed by atoms with Crippen molar-refractivity contribution in [3.8, 4) is 0 Å². The van der Waals surface area contributed by atoms with E-state index < -0.39 is 0 Å². The molecule has 27 heavy (non-hydrogen) atoms. The van der Waals surface area contributed by atoms with E-state index in [-0.39, 0.29) is 5.97 Å². The zero-order valence-corrected chi connectivity index (χ0v) is 18.7. The Morgan fingerprint density at radius 2 is 1.41 bits per heavy atom. The lowest BCUT2D eigenvalue weighted by Crippen LogP contribution is -3.14. The number of esters is 1. The summed E-state index contributed by atoms with van der Waals surface area (Å²) in [4.78, 5) is 12.9. The van der Waals surface area contributed by atoms with E-state index in [1.807, 2.05) is 0 Å². The van der Waals surface area contributed by atoms with Crippen molar-refractivity contribution in [3.63, 3.8) is 0 Å². The lowest BCUT2D eigenvalue weighted by molar-refractivity contribution is -0.908. The number of hydrogen-bond donors (Lipinski definition) is 1. The van der Waals surface area contributed by atoms with Crippen molar-refractivity contribution >= 4 is 5.97 Å². The van der Waals surface area contributed by atoms with Crippen LogP contribution in [0.4, 0.5) is 0 Å². The maximum absolute atomic E-state index is 11.2. The zero-order chi connectivity index (χ0) is 20.1. The number of hydrogen-bond acceptors (Lipinski definition) is 2. The summed E-state index contributed by atoms with van der Waals surface area (Å²) in [6.45, 7) is 19.5. The van der Waals surface area contributed by atoms with Crippen molar-refractivity contribution in [2.75, 3.05) is 26.2 Å². The van der Waals surface area contributed by atoms with Crippen molar-refractivity contribution in [2.45, 2.75) is 61.3 Å². The second-order valence-electron chi connectivity index (χ2n) is 9.68. The van der Waals surface area contributed by atoms with Crippen LogP contribution in [0.1, 0.15) is 61.3 Å². The molecule has 0 spiro atoms. The molecule has 1 N–H and O–H groups in total. The van der Waals surface area contributed by atoms with Crippen molar-refractivity contribution in [1.82, 2.24) is 0 Å². The summed E-state index contributed by atoms with van der Waals surface area (Å²) in [6.07, 6.45) is 7.41. The van der Waals surface area contributed by atoms with Crippen LogP contribution in [0.2, 0.25) is 0 Å². The van der Waals surface area contributed by atoms with E-state index in [1.165, 1.54) is 32.9 Å². The fourth-order valence-corrected chi connectivity index (χ4v) is 5.70. The van der Waals surface area contributed by atoms with Crippen LogP contribution in [-0.4, -0.2) is 32.2 Å². The van der Waals surface area contributed by atoms with E-state index in [0.29, 0.717) is 30.3 Å². The smallest absolute Gasteiger partial charge is 0.302 e. The maximum atomic E-state index is 11.2. The number of allylic oxidation sites excluding steroid dienone is 4. The van der Waals surface area contributed by atoms with Gasteiger partial charge >= 0.3 is 5.97 Å². The highest BCUT2D eigenvalue weighted by molar-refractivity contribution is 5.65. The highest BCUT2D eigenvalue weighted by atomic mass is 16.5. The molecule has 2 aliphatic carbocycles. The van der Waals surface area contributed by atoms with Crippen molar-refractivity contribution in [2.24, 2.45) is 35.5 Å². The number of ether oxygens (including phenoxy) is 1. The second kappa shape index (κ2) is 9.91. The largest absolute Gasteiger partial charge is 0.460 e. The Morgan fingerprint density at radius 3 is 1.78 bits per heavy atom. The van der Waals surface area contributed by atoms with Gasteiger partial charge in [-0.1, -0.05) is 51.0 Å². The summed E-state index contributed by atoms with van der Waals surface area (Å²) in [5, 5.41) is 0. The van der Waals surface area contributed by atoms with Gasteiger partial charge < -0.3 is 9.64 Å². The van der Waals surface area contributed by atoms with Gasteiger partial charge in [0, 0.05) is 18.8 Å². The number of carbonyl (C=O) groups excluding carboxylic acids is 1. The van der Waals surface area contributed by atoms with Crippen LogP contribution in [0.25, 0.3) is 0 Å². The first-order valence-electron chi connectivity index (χ1n) is 11.0. The zero-order valence-electron chi connectivity index (χ0n) is 18.7. The summed E-state index contributed by atoms with van der Waals surface area (Å²) in [7, 11) is 0. The Kier molecular flexibility index (Phi) is 8.15. The van der Waals surface area contributed by atoms with Crippen molar-refractivity contribution < 1.29 is 14.4 Å². The van der Waals surface area contributed by atoms with Gasteiger partial charge in [0.05, 0.1) is 13.1 Å². The van der Waals surface area contributed by atoms with E-state index in [4.69, 9.17) is 4.74 Å². The molecule has 0 saturated heterocycles. The van der Waals surface area contributed by atoms with Gasteiger partial charge in [-0.2, -0.15) is 0 Å². The Hall–Kier alpha value is -1.09. The molecular formula is C24H42NO2+. The molecule has 0 bridgehead atoms. The first-order chi connectivity index (χ1) is 12.7. The van der Waals surface area contributed by atoms with Gasteiger partial charge in [-0.15, -0.1) is 0 Å². The molecule has 2 aliphatic rings. The van der Waals surface area contributed by atoms with Crippen LogP contribution >= 0.6 is 0 Å². The molecule has 0 aromatic rings. The topological polar surface area (TPSA) is 30.7 Å². The Balaban J connectivity index is 2.07. The molecule has 3 nitrogen and oxygen atoms in total. The minimum absolute atomic E-state index is 0.162. The van der Waals surface area contributed by atoms with Crippen LogP contribution in [-0.2, 0) is 9.53 Å². The number of nitrogens with one attached hydrogen (secondary N) is 1. The van der Waals surface area contributed by atoms with Gasteiger partial charge in [-0.3, -0.25) is 4.79 Å². The number of carbonyl (C=O) groups is 1. The third kappa shape index (κ3) is 6.48.